The third kappa shape index (κ3) is 4.66. The molecule has 1 aromatic heterocycles. The van der Waals surface area contributed by atoms with E-state index in [-0.39, 0.29) is 5.69 Å². The van der Waals surface area contributed by atoms with Crippen LogP contribution >= 0.6 is 15.9 Å². The molecule has 1 rings (SSSR count). The predicted octanol–water partition coefficient (Wildman–Crippen LogP) is 2.16. The lowest BCUT2D eigenvalue weighted by atomic mass is 10.4. The third-order valence-electron chi connectivity index (χ3n) is 2.11. The van der Waals surface area contributed by atoms with Crippen molar-refractivity contribution in [1.82, 2.24) is 10.3 Å². The molecule has 94 valence electrons. The second-order valence-electron chi connectivity index (χ2n) is 3.41. The fourth-order valence-electron chi connectivity index (χ4n) is 1.25. The average Bonchev–Trinajstić information content (AvgIpc) is 2.30. The Kier molecular flexibility index (Phi) is 5.85. The van der Waals surface area contributed by atoms with E-state index < -0.39 is 4.92 Å². The molecule has 0 saturated carbocycles. The number of nitrogens with zero attached hydrogens (tertiary/aromatic N) is 2. The molecule has 0 spiro atoms. The summed E-state index contributed by atoms with van der Waals surface area (Å²) in [7, 11) is 0. The SMILES string of the molecule is CCNCCCNc1ncc([N+](=O)[O-])cc1Br. The van der Waals surface area contributed by atoms with Gasteiger partial charge in [0, 0.05) is 12.6 Å². The van der Waals surface area contributed by atoms with E-state index >= 15 is 0 Å². The van der Waals surface area contributed by atoms with Gasteiger partial charge in [-0.05, 0) is 35.4 Å². The van der Waals surface area contributed by atoms with Crippen LogP contribution in [0.3, 0.4) is 0 Å². The van der Waals surface area contributed by atoms with Crippen LogP contribution in [0.1, 0.15) is 13.3 Å². The standard InChI is InChI=1S/C10H15BrN4O2/c1-2-12-4-3-5-13-10-9(11)6-8(7-14-10)15(16)17/h6-7,12H,2-5H2,1H3,(H,13,14). The Morgan fingerprint density at radius 2 is 2.29 bits per heavy atom. The third-order valence-corrected chi connectivity index (χ3v) is 2.71. The number of rotatable bonds is 7. The van der Waals surface area contributed by atoms with Gasteiger partial charge >= 0.3 is 0 Å². The molecule has 0 atom stereocenters. The van der Waals surface area contributed by atoms with Crippen LogP contribution in [0, 0.1) is 10.1 Å². The van der Waals surface area contributed by atoms with Crippen LogP contribution in [0.4, 0.5) is 11.5 Å². The van der Waals surface area contributed by atoms with Crippen LogP contribution in [0.2, 0.25) is 0 Å². The highest BCUT2D eigenvalue weighted by atomic mass is 79.9. The molecule has 0 aliphatic rings. The van der Waals surface area contributed by atoms with E-state index in [1.165, 1.54) is 12.3 Å². The van der Waals surface area contributed by atoms with E-state index in [4.69, 9.17) is 0 Å². The molecule has 1 aromatic rings. The number of hydrogen-bond acceptors (Lipinski definition) is 5. The van der Waals surface area contributed by atoms with E-state index in [0.717, 1.165) is 26.1 Å². The van der Waals surface area contributed by atoms with Gasteiger partial charge in [-0.1, -0.05) is 6.92 Å². The molecule has 0 radical (unpaired) electrons. The molecular weight excluding hydrogens is 288 g/mol. The Labute approximate surface area is 108 Å². The lowest BCUT2D eigenvalue weighted by Crippen LogP contribution is -2.17. The maximum atomic E-state index is 10.5. The number of aromatic nitrogens is 1. The second-order valence-corrected chi connectivity index (χ2v) is 4.27. The van der Waals surface area contributed by atoms with Crippen molar-refractivity contribution in [2.24, 2.45) is 0 Å². The second kappa shape index (κ2) is 7.18. The number of anilines is 1. The van der Waals surface area contributed by atoms with Crippen LogP contribution < -0.4 is 10.6 Å². The Morgan fingerprint density at radius 1 is 1.53 bits per heavy atom. The topological polar surface area (TPSA) is 80.1 Å². The molecule has 0 bridgehead atoms. The van der Waals surface area contributed by atoms with E-state index in [1.807, 2.05) is 0 Å². The van der Waals surface area contributed by atoms with Gasteiger partial charge in [-0.25, -0.2) is 4.98 Å². The normalized spacial score (nSPS) is 10.2. The van der Waals surface area contributed by atoms with Gasteiger partial charge in [0.25, 0.3) is 5.69 Å². The number of hydrogen-bond donors (Lipinski definition) is 2. The average molecular weight is 303 g/mol. The van der Waals surface area contributed by atoms with E-state index in [9.17, 15) is 10.1 Å². The summed E-state index contributed by atoms with van der Waals surface area (Å²) in [5.41, 5.74) is -0.0184. The zero-order chi connectivity index (χ0) is 12.7. The van der Waals surface area contributed by atoms with Gasteiger partial charge in [0.05, 0.1) is 9.40 Å². The van der Waals surface area contributed by atoms with Crippen molar-refractivity contribution in [3.05, 3.63) is 26.9 Å². The first-order valence-electron chi connectivity index (χ1n) is 5.39. The summed E-state index contributed by atoms with van der Waals surface area (Å²) in [6.07, 6.45) is 2.22. The summed E-state index contributed by atoms with van der Waals surface area (Å²) < 4.78 is 0.607. The molecule has 17 heavy (non-hydrogen) atoms. The largest absolute Gasteiger partial charge is 0.369 e. The molecule has 0 aliphatic heterocycles. The van der Waals surface area contributed by atoms with Crippen molar-refractivity contribution in [2.45, 2.75) is 13.3 Å². The van der Waals surface area contributed by atoms with Crippen molar-refractivity contribution < 1.29 is 4.92 Å². The molecule has 0 fully saturated rings. The van der Waals surface area contributed by atoms with Crippen LogP contribution in [0.25, 0.3) is 0 Å². The summed E-state index contributed by atoms with van der Waals surface area (Å²) in [5.74, 6) is 0.632. The van der Waals surface area contributed by atoms with Crippen molar-refractivity contribution in [2.75, 3.05) is 25.0 Å². The first kappa shape index (κ1) is 13.9. The minimum atomic E-state index is -0.466. The summed E-state index contributed by atoms with van der Waals surface area (Å²) >= 11 is 3.25. The highest BCUT2D eigenvalue weighted by Gasteiger charge is 2.09. The molecule has 7 heteroatoms. The smallest absolute Gasteiger partial charge is 0.288 e. The van der Waals surface area contributed by atoms with E-state index in [0.29, 0.717) is 10.3 Å². The molecule has 0 unspecified atom stereocenters. The fraction of sp³-hybridized carbons (Fsp3) is 0.500. The van der Waals surface area contributed by atoms with Gasteiger partial charge in [-0.15, -0.1) is 0 Å². The van der Waals surface area contributed by atoms with Gasteiger partial charge in [0.15, 0.2) is 0 Å². The molecule has 0 aromatic carbocycles. The van der Waals surface area contributed by atoms with Gasteiger partial charge < -0.3 is 10.6 Å². The van der Waals surface area contributed by atoms with Gasteiger partial charge in [-0.3, -0.25) is 10.1 Å². The van der Waals surface area contributed by atoms with Crippen LogP contribution in [-0.2, 0) is 0 Å². The molecule has 0 amide bonds. The quantitative estimate of drug-likeness (QED) is 0.458. The summed E-state index contributed by atoms with van der Waals surface area (Å²) in [5, 5.41) is 16.8. The fourth-order valence-corrected chi connectivity index (χ4v) is 1.73. The van der Waals surface area contributed by atoms with Gasteiger partial charge in [-0.2, -0.15) is 0 Å². The molecular formula is C10H15BrN4O2. The maximum absolute atomic E-state index is 10.5. The van der Waals surface area contributed by atoms with Crippen molar-refractivity contribution >= 4 is 27.4 Å². The Hall–Kier alpha value is -1.21. The first-order chi connectivity index (χ1) is 8.15. The molecule has 0 saturated heterocycles. The Bertz CT molecular complexity index is 387. The molecule has 0 aliphatic carbocycles. The lowest BCUT2D eigenvalue weighted by molar-refractivity contribution is -0.385. The number of nitrogens with one attached hydrogen (secondary N) is 2. The number of halogens is 1. The van der Waals surface area contributed by atoms with Crippen LogP contribution in [0.5, 0.6) is 0 Å². The van der Waals surface area contributed by atoms with Gasteiger partial charge in [0.2, 0.25) is 0 Å². The first-order valence-corrected chi connectivity index (χ1v) is 6.19. The minimum Gasteiger partial charge on any atom is -0.369 e. The molecule has 1 heterocycles. The van der Waals surface area contributed by atoms with Crippen molar-refractivity contribution in [3.8, 4) is 0 Å². The highest BCUT2D eigenvalue weighted by molar-refractivity contribution is 9.10. The molecule has 6 nitrogen and oxygen atoms in total. The van der Waals surface area contributed by atoms with E-state index in [1.54, 1.807) is 0 Å². The lowest BCUT2D eigenvalue weighted by Gasteiger charge is -2.07. The van der Waals surface area contributed by atoms with Gasteiger partial charge in [0.1, 0.15) is 12.0 Å². The zero-order valence-electron chi connectivity index (χ0n) is 9.57. The Balaban J connectivity index is 2.46. The van der Waals surface area contributed by atoms with Crippen LogP contribution in [0.15, 0.2) is 16.7 Å². The summed E-state index contributed by atoms with van der Waals surface area (Å²) in [6, 6.07) is 1.44. The monoisotopic (exact) mass is 302 g/mol. The minimum absolute atomic E-state index is 0.0184. The van der Waals surface area contributed by atoms with Crippen LogP contribution in [-0.4, -0.2) is 29.5 Å². The maximum Gasteiger partial charge on any atom is 0.288 e. The highest BCUT2D eigenvalue weighted by Crippen LogP contribution is 2.24. The zero-order valence-corrected chi connectivity index (χ0v) is 11.2. The van der Waals surface area contributed by atoms with E-state index in [2.05, 4.69) is 38.5 Å². The molecule has 2 N–H and O–H groups in total. The summed E-state index contributed by atoms with van der Waals surface area (Å²) in [6.45, 7) is 4.73. The number of pyridine rings is 1. The van der Waals surface area contributed by atoms with Crippen molar-refractivity contribution in [1.29, 1.82) is 0 Å². The number of nitro groups is 1. The van der Waals surface area contributed by atoms with Crippen molar-refractivity contribution in [3.63, 3.8) is 0 Å². The Morgan fingerprint density at radius 3 is 2.88 bits per heavy atom. The summed E-state index contributed by atoms with van der Waals surface area (Å²) in [4.78, 5) is 14.0. The predicted molar refractivity (Wildman–Crippen MR) is 70.2 cm³/mol.